The van der Waals surface area contributed by atoms with Crippen LogP contribution in [-0.4, -0.2) is 54.0 Å². The monoisotopic (exact) mass is 267 g/mol. The molecule has 19 heavy (non-hydrogen) atoms. The fourth-order valence-electron chi connectivity index (χ4n) is 3.45. The summed E-state index contributed by atoms with van der Waals surface area (Å²) in [7, 11) is 1.98. The van der Waals surface area contributed by atoms with E-state index < -0.39 is 0 Å². The first kappa shape index (κ1) is 14.8. The molecule has 1 aliphatic carbocycles. The summed E-state index contributed by atoms with van der Waals surface area (Å²) in [5.74, 6) is 0.286. The Morgan fingerprint density at radius 1 is 1.26 bits per heavy atom. The molecule has 2 fully saturated rings. The van der Waals surface area contributed by atoms with Gasteiger partial charge in [0.15, 0.2) is 0 Å². The van der Waals surface area contributed by atoms with Gasteiger partial charge in [0.25, 0.3) is 0 Å². The third-order valence-corrected chi connectivity index (χ3v) is 4.91. The highest BCUT2D eigenvalue weighted by Gasteiger charge is 2.28. The van der Waals surface area contributed by atoms with Gasteiger partial charge in [0.1, 0.15) is 0 Å². The molecule has 0 aromatic carbocycles. The first-order chi connectivity index (χ1) is 9.08. The van der Waals surface area contributed by atoms with Gasteiger partial charge in [0.2, 0.25) is 5.91 Å². The van der Waals surface area contributed by atoms with Crippen LogP contribution in [0.5, 0.6) is 0 Å². The van der Waals surface area contributed by atoms with Crippen molar-refractivity contribution in [1.82, 2.24) is 9.80 Å². The van der Waals surface area contributed by atoms with Crippen LogP contribution in [0.2, 0.25) is 0 Å². The van der Waals surface area contributed by atoms with Crippen molar-refractivity contribution in [3.8, 4) is 0 Å². The Morgan fingerprint density at radius 2 is 1.95 bits per heavy atom. The third-order valence-electron chi connectivity index (χ3n) is 4.91. The van der Waals surface area contributed by atoms with E-state index in [1.165, 1.54) is 32.1 Å². The molecule has 2 atom stereocenters. The summed E-state index contributed by atoms with van der Waals surface area (Å²) in [5.41, 5.74) is 5.97. The van der Waals surface area contributed by atoms with Gasteiger partial charge in [-0.25, -0.2) is 0 Å². The molecule has 0 radical (unpaired) electrons. The number of hydrogen-bond donors (Lipinski definition) is 1. The lowest BCUT2D eigenvalue weighted by molar-refractivity contribution is -0.134. The van der Waals surface area contributed by atoms with E-state index in [-0.39, 0.29) is 5.91 Å². The summed E-state index contributed by atoms with van der Waals surface area (Å²) in [6.07, 6.45) is 8.28. The first-order valence-electron chi connectivity index (χ1n) is 7.83. The molecule has 110 valence electrons. The van der Waals surface area contributed by atoms with Gasteiger partial charge in [-0.3, -0.25) is 9.69 Å². The summed E-state index contributed by atoms with van der Waals surface area (Å²) in [4.78, 5) is 16.7. The maximum Gasteiger partial charge on any atom is 0.236 e. The molecule has 1 saturated heterocycles. The predicted octanol–water partition coefficient (Wildman–Crippen LogP) is 1.59. The van der Waals surface area contributed by atoms with Gasteiger partial charge < -0.3 is 10.6 Å². The van der Waals surface area contributed by atoms with E-state index in [9.17, 15) is 4.79 Å². The fourth-order valence-corrected chi connectivity index (χ4v) is 3.45. The lowest BCUT2D eigenvalue weighted by Crippen LogP contribution is -2.51. The van der Waals surface area contributed by atoms with Crippen LogP contribution >= 0.6 is 0 Å². The molecule has 1 aliphatic heterocycles. The van der Waals surface area contributed by atoms with Crippen molar-refractivity contribution in [3.05, 3.63) is 0 Å². The van der Waals surface area contributed by atoms with Gasteiger partial charge in [-0.05, 0) is 32.6 Å². The molecular formula is C15H29N3O. The maximum atomic E-state index is 12.4. The van der Waals surface area contributed by atoms with Crippen molar-refractivity contribution < 1.29 is 4.79 Å². The third kappa shape index (κ3) is 3.93. The number of carbonyl (C=O) groups is 1. The zero-order valence-corrected chi connectivity index (χ0v) is 12.5. The van der Waals surface area contributed by atoms with E-state index in [1.54, 1.807) is 0 Å². The number of carbonyl (C=O) groups excluding carboxylic acids is 1. The Morgan fingerprint density at radius 3 is 2.58 bits per heavy atom. The molecule has 2 unspecified atom stereocenters. The zero-order chi connectivity index (χ0) is 13.8. The lowest BCUT2D eigenvalue weighted by Gasteiger charge is -2.38. The Kier molecular flexibility index (Phi) is 5.22. The van der Waals surface area contributed by atoms with E-state index in [4.69, 9.17) is 5.73 Å². The quantitative estimate of drug-likeness (QED) is 0.845. The van der Waals surface area contributed by atoms with Gasteiger partial charge in [0.05, 0.1) is 6.54 Å². The smallest absolute Gasteiger partial charge is 0.236 e. The minimum atomic E-state index is 0.286. The highest BCUT2D eigenvalue weighted by atomic mass is 16.2. The van der Waals surface area contributed by atoms with Crippen molar-refractivity contribution in [1.29, 1.82) is 0 Å². The lowest BCUT2D eigenvalue weighted by atomic mass is 9.94. The van der Waals surface area contributed by atoms with Gasteiger partial charge in [-0.2, -0.15) is 0 Å². The highest BCUT2D eigenvalue weighted by Crippen LogP contribution is 2.22. The van der Waals surface area contributed by atoms with Crippen LogP contribution in [0.15, 0.2) is 0 Å². The van der Waals surface area contributed by atoms with Crippen molar-refractivity contribution >= 4 is 5.91 Å². The topological polar surface area (TPSA) is 49.6 Å². The van der Waals surface area contributed by atoms with E-state index in [0.717, 1.165) is 19.4 Å². The molecule has 1 saturated carbocycles. The van der Waals surface area contributed by atoms with Gasteiger partial charge >= 0.3 is 0 Å². The minimum absolute atomic E-state index is 0.286. The second-order valence-corrected chi connectivity index (χ2v) is 6.40. The van der Waals surface area contributed by atoms with Crippen LogP contribution in [0.4, 0.5) is 0 Å². The van der Waals surface area contributed by atoms with Gasteiger partial charge in [-0.15, -0.1) is 0 Å². The van der Waals surface area contributed by atoms with Crippen LogP contribution in [0.3, 0.4) is 0 Å². The molecular weight excluding hydrogens is 238 g/mol. The van der Waals surface area contributed by atoms with E-state index in [1.807, 2.05) is 11.9 Å². The van der Waals surface area contributed by atoms with Crippen LogP contribution in [0.1, 0.15) is 51.9 Å². The molecule has 0 aromatic heterocycles. The van der Waals surface area contributed by atoms with Crippen molar-refractivity contribution in [3.63, 3.8) is 0 Å². The van der Waals surface area contributed by atoms with Crippen LogP contribution in [0.25, 0.3) is 0 Å². The summed E-state index contributed by atoms with van der Waals surface area (Å²) >= 11 is 0. The van der Waals surface area contributed by atoms with Gasteiger partial charge in [-0.1, -0.05) is 19.3 Å². The zero-order valence-electron chi connectivity index (χ0n) is 12.5. The number of likely N-dealkylation sites (N-methyl/N-ethyl adjacent to an activating group) is 1. The average molecular weight is 267 g/mol. The average Bonchev–Trinajstić information content (AvgIpc) is 2.42. The summed E-state index contributed by atoms with van der Waals surface area (Å²) in [5, 5.41) is 0. The van der Waals surface area contributed by atoms with Crippen molar-refractivity contribution in [2.75, 3.05) is 20.1 Å². The van der Waals surface area contributed by atoms with Crippen LogP contribution < -0.4 is 5.73 Å². The number of likely N-dealkylation sites (tertiary alicyclic amines) is 1. The standard InChI is InChI=1S/C15H29N3O/c1-12-10-13(16)8-9-18(12)11-15(19)17(2)14-6-4-3-5-7-14/h12-14H,3-11,16H2,1-2H3. The molecule has 1 amide bonds. The number of nitrogens with two attached hydrogens (primary N) is 1. The Bertz CT molecular complexity index is 302. The van der Waals surface area contributed by atoms with Crippen molar-refractivity contribution in [2.45, 2.75) is 70.0 Å². The van der Waals surface area contributed by atoms with Gasteiger partial charge in [0, 0.05) is 31.7 Å². The Labute approximate surface area is 117 Å². The van der Waals surface area contributed by atoms with Crippen LogP contribution in [0, 0.1) is 0 Å². The van der Waals surface area contributed by atoms with E-state index in [0.29, 0.717) is 24.7 Å². The maximum absolute atomic E-state index is 12.4. The van der Waals surface area contributed by atoms with Crippen molar-refractivity contribution in [2.24, 2.45) is 5.73 Å². The largest absolute Gasteiger partial charge is 0.342 e. The number of nitrogens with zero attached hydrogens (tertiary/aromatic N) is 2. The molecule has 2 aliphatic rings. The molecule has 4 heteroatoms. The second-order valence-electron chi connectivity index (χ2n) is 6.40. The molecule has 0 spiro atoms. The van der Waals surface area contributed by atoms with Crippen LogP contribution in [-0.2, 0) is 4.79 Å². The molecule has 2 N–H and O–H groups in total. The number of hydrogen-bond acceptors (Lipinski definition) is 3. The Balaban J connectivity index is 1.82. The second kappa shape index (κ2) is 6.71. The molecule has 1 heterocycles. The normalized spacial score (nSPS) is 30.3. The summed E-state index contributed by atoms with van der Waals surface area (Å²) in [6.45, 7) is 3.72. The molecule has 4 nitrogen and oxygen atoms in total. The fraction of sp³-hybridized carbons (Fsp3) is 0.933. The number of rotatable bonds is 3. The number of piperidine rings is 1. The Hall–Kier alpha value is -0.610. The van der Waals surface area contributed by atoms with E-state index >= 15 is 0 Å². The molecule has 0 bridgehead atoms. The highest BCUT2D eigenvalue weighted by molar-refractivity contribution is 5.78. The molecule has 2 rings (SSSR count). The predicted molar refractivity (Wildman–Crippen MR) is 77.9 cm³/mol. The first-order valence-corrected chi connectivity index (χ1v) is 7.83. The minimum Gasteiger partial charge on any atom is -0.342 e. The summed E-state index contributed by atoms with van der Waals surface area (Å²) < 4.78 is 0. The molecule has 0 aromatic rings. The summed E-state index contributed by atoms with van der Waals surface area (Å²) in [6, 6.07) is 1.23. The SMILES string of the molecule is CC1CC(N)CCN1CC(=O)N(C)C1CCCCC1. The van der Waals surface area contributed by atoms with E-state index in [2.05, 4.69) is 11.8 Å². The number of amides is 1.